The normalized spacial score (nSPS) is 12.7. The average molecular weight is 407 g/mol. The van der Waals surface area contributed by atoms with E-state index in [1.807, 2.05) is 29.8 Å². The van der Waals surface area contributed by atoms with E-state index in [0.29, 0.717) is 0 Å². The van der Waals surface area contributed by atoms with Crippen LogP contribution in [0, 0.1) is 0 Å². The molecule has 136 valence electrons. The summed E-state index contributed by atoms with van der Waals surface area (Å²) in [5.41, 5.74) is 1.60. The molecule has 3 aromatic rings. The van der Waals surface area contributed by atoms with Gasteiger partial charge in [-0.15, -0.1) is 22.7 Å². The summed E-state index contributed by atoms with van der Waals surface area (Å²) in [5.74, 6) is -0.118. The molecule has 1 amide bonds. The van der Waals surface area contributed by atoms with E-state index in [1.54, 1.807) is 35.6 Å². The van der Waals surface area contributed by atoms with Gasteiger partial charge in [0, 0.05) is 11.6 Å². The summed E-state index contributed by atoms with van der Waals surface area (Å²) in [5, 5.41) is 7.75. The van der Waals surface area contributed by atoms with Crippen molar-refractivity contribution in [2.75, 3.05) is 6.26 Å². The summed E-state index contributed by atoms with van der Waals surface area (Å²) in [6, 6.07) is 10.3. The second-order valence-electron chi connectivity index (χ2n) is 5.93. The fourth-order valence-corrected chi connectivity index (χ4v) is 4.71. The van der Waals surface area contributed by atoms with Gasteiger partial charge in [0.25, 0.3) is 0 Å². The number of hydrogen-bond donors (Lipinski definition) is 1. The predicted octanol–water partition coefficient (Wildman–Crippen LogP) is 3.70. The van der Waals surface area contributed by atoms with Crippen LogP contribution >= 0.6 is 22.7 Å². The number of benzene rings is 1. The third-order valence-electron chi connectivity index (χ3n) is 3.81. The highest BCUT2D eigenvalue weighted by Crippen LogP contribution is 2.28. The molecule has 0 aliphatic rings. The molecule has 3 rings (SSSR count). The minimum absolute atomic E-state index is 0.118. The van der Waals surface area contributed by atoms with Gasteiger partial charge in [-0.05, 0) is 36.1 Å². The van der Waals surface area contributed by atoms with Crippen LogP contribution in [0.3, 0.4) is 0 Å². The summed E-state index contributed by atoms with van der Waals surface area (Å²) < 4.78 is 23.0. The summed E-state index contributed by atoms with van der Waals surface area (Å²) >= 11 is 3.15. The Morgan fingerprint density at radius 3 is 2.54 bits per heavy atom. The maximum Gasteiger partial charge on any atom is 0.226 e. The molecule has 0 saturated carbocycles. The molecule has 8 heteroatoms. The lowest BCUT2D eigenvalue weighted by Crippen LogP contribution is -2.28. The topological polar surface area (TPSA) is 76.1 Å². The van der Waals surface area contributed by atoms with E-state index in [-0.39, 0.29) is 23.3 Å². The van der Waals surface area contributed by atoms with Crippen LogP contribution in [0.15, 0.2) is 52.1 Å². The smallest absolute Gasteiger partial charge is 0.226 e. The summed E-state index contributed by atoms with van der Waals surface area (Å²) in [6.07, 6.45) is 1.39. The van der Waals surface area contributed by atoms with Crippen molar-refractivity contribution in [2.24, 2.45) is 0 Å². The average Bonchev–Trinajstić information content (AvgIpc) is 3.25. The maximum atomic E-state index is 12.3. The van der Waals surface area contributed by atoms with Crippen molar-refractivity contribution in [2.45, 2.75) is 24.3 Å². The Hall–Kier alpha value is -2.03. The van der Waals surface area contributed by atoms with Crippen molar-refractivity contribution in [3.8, 4) is 9.88 Å². The lowest BCUT2D eigenvalue weighted by molar-refractivity contribution is -0.121. The number of carbonyl (C=O) groups excluding carboxylic acids is 1. The third-order valence-corrected chi connectivity index (χ3v) is 6.87. The SMILES string of the molecule is C[C@H](NC(=O)Cc1csc(-c2cccs2)n1)c1ccc(S(C)(=O)=O)cc1. The van der Waals surface area contributed by atoms with Gasteiger partial charge in [-0.1, -0.05) is 18.2 Å². The van der Waals surface area contributed by atoms with E-state index >= 15 is 0 Å². The first-order chi connectivity index (χ1) is 12.3. The van der Waals surface area contributed by atoms with Crippen LogP contribution in [0.4, 0.5) is 0 Å². The minimum atomic E-state index is -3.22. The maximum absolute atomic E-state index is 12.3. The van der Waals surface area contributed by atoms with Gasteiger partial charge >= 0.3 is 0 Å². The van der Waals surface area contributed by atoms with E-state index in [4.69, 9.17) is 0 Å². The molecule has 0 fully saturated rings. The Bertz CT molecular complexity index is 991. The summed E-state index contributed by atoms with van der Waals surface area (Å²) in [6.45, 7) is 1.87. The largest absolute Gasteiger partial charge is 0.349 e. The highest BCUT2D eigenvalue weighted by atomic mass is 32.2. The molecule has 0 radical (unpaired) electrons. The van der Waals surface area contributed by atoms with Crippen LogP contribution in [0.2, 0.25) is 0 Å². The molecule has 5 nitrogen and oxygen atoms in total. The molecule has 1 aromatic carbocycles. The number of nitrogens with zero attached hydrogens (tertiary/aromatic N) is 1. The lowest BCUT2D eigenvalue weighted by atomic mass is 10.1. The van der Waals surface area contributed by atoms with Gasteiger partial charge in [0.05, 0.1) is 27.9 Å². The first-order valence-electron chi connectivity index (χ1n) is 7.90. The van der Waals surface area contributed by atoms with Crippen LogP contribution in [0.5, 0.6) is 0 Å². The molecule has 26 heavy (non-hydrogen) atoms. The van der Waals surface area contributed by atoms with Crippen molar-refractivity contribution in [3.63, 3.8) is 0 Å². The third kappa shape index (κ3) is 4.57. The quantitative estimate of drug-likeness (QED) is 0.677. The number of hydrogen-bond acceptors (Lipinski definition) is 6. The van der Waals surface area contributed by atoms with Gasteiger partial charge in [0.1, 0.15) is 5.01 Å². The van der Waals surface area contributed by atoms with Crippen LogP contribution in [0.1, 0.15) is 24.2 Å². The Balaban J connectivity index is 1.61. The number of thiophene rings is 1. The minimum Gasteiger partial charge on any atom is -0.349 e. The van der Waals surface area contributed by atoms with Crippen molar-refractivity contribution in [1.29, 1.82) is 0 Å². The first kappa shape index (κ1) is 18.8. The second-order valence-corrected chi connectivity index (χ2v) is 9.75. The Morgan fingerprint density at radius 1 is 1.19 bits per heavy atom. The standard InChI is InChI=1S/C18H18N2O3S3/c1-12(13-5-7-15(8-6-13)26(2,22)23)19-17(21)10-14-11-25-18(20-14)16-4-3-9-24-16/h3-9,11-12H,10H2,1-2H3,(H,19,21)/t12-/m0/s1. The van der Waals surface area contributed by atoms with Crippen LogP contribution in [0.25, 0.3) is 9.88 Å². The zero-order valence-electron chi connectivity index (χ0n) is 14.3. The number of sulfone groups is 1. The number of thiazole rings is 1. The number of amides is 1. The molecule has 1 atom stereocenters. The molecule has 0 spiro atoms. The predicted molar refractivity (Wildman–Crippen MR) is 105 cm³/mol. The Labute approximate surface area is 160 Å². The van der Waals surface area contributed by atoms with Gasteiger partial charge in [-0.3, -0.25) is 4.79 Å². The van der Waals surface area contributed by atoms with Gasteiger partial charge in [0.2, 0.25) is 5.91 Å². The fourth-order valence-electron chi connectivity index (χ4n) is 2.45. The van der Waals surface area contributed by atoms with Gasteiger partial charge < -0.3 is 5.32 Å². The van der Waals surface area contributed by atoms with Crippen molar-refractivity contribution in [3.05, 3.63) is 58.4 Å². The van der Waals surface area contributed by atoms with E-state index in [0.717, 1.165) is 21.1 Å². The number of nitrogens with one attached hydrogen (secondary N) is 1. The number of aromatic nitrogens is 1. The highest BCUT2D eigenvalue weighted by molar-refractivity contribution is 7.90. The van der Waals surface area contributed by atoms with Gasteiger partial charge in [0.15, 0.2) is 9.84 Å². The van der Waals surface area contributed by atoms with Crippen LogP contribution in [-0.2, 0) is 21.1 Å². The molecule has 2 heterocycles. The number of carbonyl (C=O) groups is 1. The van der Waals surface area contributed by atoms with Crippen LogP contribution in [-0.4, -0.2) is 25.6 Å². The molecule has 2 aromatic heterocycles. The zero-order valence-corrected chi connectivity index (χ0v) is 16.7. The molecule has 0 bridgehead atoms. The van der Waals surface area contributed by atoms with E-state index in [2.05, 4.69) is 10.3 Å². The van der Waals surface area contributed by atoms with Crippen LogP contribution < -0.4 is 5.32 Å². The first-order valence-corrected chi connectivity index (χ1v) is 11.6. The molecule has 0 saturated heterocycles. The van der Waals surface area contributed by atoms with Crippen molar-refractivity contribution >= 4 is 38.4 Å². The molecular weight excluding hydrogens is 388 g/mol. The molecule has 0 aliphatic carbocycles. The van der Waals surface area contributed by atoms with E-state index < -0.39 is 9.84 Å². The molecular formula is C18H18N2O3S3. The monoisotopic (exact) mass is 406 g/mol. The Morgan fingerprint density at radius 2 is 1.92 bits per heavy atom. The highest BCUT2D eigenvalue weighted by Gasteiger charge is 2.14. The Kier molecular flexibility index (Phi) is 5.55. The molecule has 0 unspecified atom stereocenters. The number of rotatable bonds is 6. The van der Waals surface area contributed by atoms with E-state index in [9.17, 15) is 13.2 Å². The second kappa shape index (κ2) is 7.69. The van der Waals surface area contributed by atoms with Gasteiger partial charge in [-0.2, -0.15) is 0 Å². The molecule has 1 N–H and O–H groups in total. The molecule has 0 aliphatic heterocycles. The van der Waals surface area contributed by atoms with Gasteiger partial charge in [-0.25, -0.2) is 13.4 Å². The summed E-state index contributed by atoms with van der Waals surface area (Å²) in [4.78, 5) is 18.2. The zero-order chi connectivity index (χ0) is 18.7. The lowest BCUT2D eigenvalue weighted by Gasteiger charge is -2.14. The summed E-state index contributed by atoms with van der Waals surface area (Å²) in [7, 11) is -3.22. The fraction of sp³-hybridized carbons (Fsp3) is 0.222. The van der Waals surface area contributed by atoms with E-state index in [1.165, 1.54) is 17.6 Å². The van der Waals surface area contributed by atoms with Crippen molar-refractivity contribution in [1.82, 2.24) is 10.3 Å². The van der Waals surface area contributed by atoms with Crippen molar-refractivity contribution < 1.29 is 13.2 Å².